The second-order valence-corrected chi connectivity index (χ2v) is 4.36. The number of rotatable bonds is 7. The number of aliphatic imine (C=N–C) groups is 1. The maximum atomic E-state index is 5.26. The minimum Gasteiger partial charge on any atom is -0.467 e. The maximum absolute atomic E-state index is 5.26. The lowest BCUT2D eigenvalue weighted by atomic mass is 10.4. The van der Waals surface area contributed by atoms with Gasteiger partial charge >= 0.3 is 0 Å². The molecule has 0 spiro atoms. The zero-order chi connectivity index (χ0) is 14.0. The monoisotopic (exact) mass is 403 g/mol. The number of nitrogens with one attached hydrogen (secondary N) is 2. The van der Waals surface area contributed by atoms with Crippen LogP contribution in [0, 0.1) is 0 Å². The van der Waals surface area contributed by atoms with Crippen molar-refractivity contribution in [2.75, 3.05) is 13.1 Å². The van der Waals surface area contributed by atoms with Gasteiger partial charge in [0, 0.05) is 32.0 Å². The predicted octanol–water partition coefficient (Wildman–Crippen LogP) is 2.24. The van der Waals surface area contributed by atoms with Gasteiger partial charge in [0.1, 0.15) is 12.3 Å². The molecular formula is C14H22IN5O. The Kier molecular flexibility index (Phi) is 8.56. The molecule has 2 aromatic heterocycles. The van der Waals surface area contributed by atoms with Crippen molar-refractivity contribution in [3.63, 3.8) is 0 Å². The molecule has 0 saturated heterocycles. The van der Waals surface area contributed by atoms with Crippen molar-refractivity contribution in [2.24, 2.45) is 4.99 Å². The highest BCUT2D eigenvalue weighted by atomic mass is 127. The van der Waals surface area contributed by atoms with E-state index in [4.69, 9.17) is 4.42 Å². The summed E-state index contributed by atoms with van der Waals surface area (Å²) in [5.74, 6) is 1.68. The number of guanidine groups is 1. The summed E-state index contributed by atoms with van der Waals surface area (Å²) in [5.41, 5.74) is 0. The second kappa shape index (κ2) is 10.3. The third kappa shape index (κ3) is 6.65. The molecule has 0 amide bonds. The predicted molar refractivity (Wildman–Crippen MR) is 93.8 cm³/mol. The van der Waals surface area contributed by atoms with E-state index in [0.29, 0.717) is 6.54 Å². The summed E-state index contributed by atoms with van der Waals surface area (Å²) < 4.78 is 7.33. The molecule has 0 bridgehead atoms. The lowest BCUT2D eigenvalue weighted by Gasteiger charge is -2.11. The topological polar surface area (TPSA) is 67.4 Å². The van der Waals surface area contributed by atoms with Gasteiger partial charge < -0.3 is 19.6 Å². The van der Waals surface area contributed by atoms with Crippen molar-refractivity contribution in [1.82, 2.24) is 20.2 Å². The normalized spacial score (nSPS) is 11.0. The Bertz CT molecular complexity index is 495. The van der Waals surface area contributed by atoms with Crippen LogP contribution in [-0.2, 0) is 13.1 Å². The third-order valence-electron chi connectivity index (χ3n) is 2.76. The number of halogens is 1. The molecule has 21 heavy (non-hydrogen) atoms. The van der Waals surface area contributed by atoms with Crippen LogP contribution >= 0.6 is 24.0 Å². The second-order valence-electron chi connectivity index (χ2n) is 4.36. The van der Waals surface area contributed by atoms with Crippen LogP contribution in [0.3, 0.4) is 0 Å². The molecule has 116 valence electrons. The first-order valence-corrected chi connectivity index (χ1v) is 6.89. The number of nitrogens with zero attached hydrogens (tertiary/aromatic N) is 3. The molecule has 2 heterocycles. The number of imidazole rings is 1. The highest BCUT2D eigenvalue weighted by molar-refractivity contribution is 14.0. The average Bonchev–Trinajstić information content (AvgIpc) is 3.13. The molecule has 0 saturated carbocycles. The Morgan fingerprint density at radius 1 is 1.43 bits per heavy atom. The lowest BCUT2D eigenvalue weighted by molar-refractivity contribution is 0.511. The molecule has 0 unspecified atom stereocenters. The van der Waals surface area contributed by atoms with Crippen molar-refractivity contribution >= 4 is 29.9 Å². The molecule has 0 fully saturated rings. The van der Waals surface area contributed by atoms with Gasteiger partial charge in [-0.3, -0.25) is 0 Å². The average molecular weight is 403 g/mol. The van der Waals surface area contributed by atoms with Gasteiger partial charge in [-0.25, -0.2) is 9.98 Å². The van der Waals surface area contributed by atoms with Crippen molar-refractivity contribution in [2.45, 2.75) is 26.4 Å². The first-order valence-electron chi connectivity index (χ1n) is 6.89. The quantitative estimate of drug-likeness (QED) is 0.322. The number of aromatic nitrogens is 2. The summed E-state index contributed by atoms with van der Waals surface area (Å²) in [4.78, 5) is 8.49. The molecule has 2 aromatic rings. The van der Waals surface area contributed by atoms with Crippen LogP contribution in [0.25, 0.3) is 0 Å². The van der Waals surface area contributed by atoms with E-state index in [2.05, 4.69) is 32.1 Å². The molecule has 7 heteroatoms. The smallest absolute Gasteiger partial charge is 0.191 e. The minimum atomic E-state index is 0. The van der Waals surface area contributed by atoms with E-state index in [9.17, 15) is 0 Å². The number of hydrogen-bond donors (Lipinski definition) is 2. The van der Waals surface area contributed by atoms with Crippen LogP contribution in [0.2, 0.25) is 0 Å². The fraction of sp³-hybridized carbons (Fsp3) is 0.429. The van der Waals surface area contributed by atoms with Crippen LogP contribution in [0.15, 0.2) is 46.5 Å². The molecule has 6 nitrogen and oxygen atoms in total. The first kappa shape index (κ1) is 17.5. The molecule has 0 aliphatic carbocycles. The molecule has 0 aliphatic rings. The van der Waals surface area contributed by atoms with Crippen molar-refractivity contribution in [3.8, 4) is 0 Å². The zero-order valence-corrected chi connectivity index (χ0v) is 14.5. The van der Waals surface area contributed by atoms with E-state index in [1.807, 2.05) is 24.7 Å². The van der Waals surface area contributed by atoms with Gasteiger partial charge in [0.15, 0.2) is 5.96 Å². The third-order valence-corrected chi connectivity index (χ3v) is 2.76. The summed E-state index contributed by atoms with van der Waals surface area (Å²) in [7, 11) is 0. The Balaban J connectivity index is 0.00000220. The van der Waals surface area contributed by atoms with Crippen molar-refractivity contribution < 1.29 is 4.42 Å². The van der Waals surface area contributed by atoms with Crippen LogP contribution < -0.4 is 10.6 Å². The van der Waals surface area contributed by atoms with Crippen LogP contribution in [0.5, 0.6) is 0 Å². The van der Waals surface area contributed by atoms with E-state index in [0.717, 1.165) is 37.8 Å². The molecule has 0 aromatic carbocycles. The van der Waals surface area contributed by atoms with Gasteiger partial charge in [0.05, 0.1) is 12.6 Å². The molecular weight excluding hydrogens is 381 g/mol. The van der Waals surface area contributed by atoms with E-state index >= 15 is 0 Å². The highest BCUT2D eigenvalue weighted by Gasteiger charge is 1.98. The molecule has 0 radical (unpaired) electrons. The van der Waals surface area contributed by atoms with Gasteiger partial charge in [-0.05, 0) is 25.5 Å². The molecule has 0 aliphatic heterocycles. The molecule has 2 N–H and O–H groups in total. The lowest BCUT2D eigenvalue weighted by Crippen LogP contribution is -2.38. The van der Waals surface area contributed by atoms with E-state index in [1.165, 1.54) is 0 Å². The molecule has 2 rings (SSSR count). The fourth-order valence-corrected chi connectivity index (χ4v) is 1.79. The van der Waals surface area contributed by atoms with Gasteiger partial charge in [-0.2, -0.15) is 0 Å². The largest absolute Gasteiger partial charge is 0.467 e. The van der Waals surface area contributed by atoms with Crippen LogP contribution in [0.4, 0.5) is 0 Å². The number of furan rings is 1. The maximum Gasteiger partial charge on any atom is 0.191 e. The number of hydrogen-bond acceptors (Lipinski definition) is 3. The van der Waals surface area contributed by atoms with E-state index < -0.39 is 0 Å². The number of aryl methyl sites for hydroxylation is 1. The summed E-state index contributed by atoms with van der Waals surface area (Å²) >= 11 is 0. The van der Waals surface area contributed by atoms with Gasteiger partial charge in [0.25, 0.3) is 0 Å². The van der Waals surface area contributed by atoms with Gasteiger partial charge in [-0.1, -0.05) is 0 Å². The van der Waals surface area contributed by atoms with Crippen LogP contribution in [-0.4, -0.2) is 28.6 Å². The summed E-state index contributed by atoms with van der Waals surface area (Å²) in [6.07, 6.45) is 8.27. The van der Waals surface area contributed by atoms with Crippen molar-refractivity contribution in [3.05, 3.63) is 42.9 Å². The highest BCUT2D eigenvalue weighted by Crippen LogP contribution is 2.01. The Labute approximate surface area is 142 Å². The Hall–Kier alpha value is -1.51. The summed E-state index contributed by atoms with van der Waals surface area (Å²) in [6.45, 7) is 5.25. The fourth-order valence-electron chi connectivity index (χ4n) is 1.79. The Morgan fingerprint density at radius 2 is 2.33 bits per heavy atom. The Morgan fingerprint density at radius 3 is 3.00 bits per heavy atom. The molecule has 0 atom stereocenters. The first-order chi connectivity index (χ1) is 9.88. The van der Waals surface area contributed by atoms with Gasteiger partial charge in [-0.15, -0.1) is 24.0 Å². The van der Waals surface area contributed by atoms with Gasteiger partial charge in [0.2, 0.25) is 0 Å². The van der Waals surface area contributed by atoms with Crippen molar-refractivity contribution in [1.29, 1.82) is 0 Å². The minimum absolute atomic E-state index is 0. The summed E-state index contributed by atoms with van der Waals surface area (Å²) in [6, 6.07) is 3.79. The zero-order valence-electron chi connectivity index (χ0n) is 12.2. The summed E-state index contributed by atoms with van der Waals surface area (Å²) in [5, 5.41) is 6.53. The SMILES string of the molecule is CCNC(=NCc1ccco1)NCCCn1ccnc1.I. The van der Waals surface area contributed by atoms with Crippen LogP contribution in [0.1, 0.15) is 19.1 Å². The van der Waals surface area contributed by atoms with E-state index in [-0.39, 0.29) is 24.0 Å². The standard InChI is InChI=1S/C14H21N5O.HI/c1-2-16-14(18-11-13-5-3-10-20-13)17-6-4-8-19-9-7-15-12-19;/h3,5,7,9-10,12H,2,4,6,8,11H2,1H3,(H2,16,17,18);1H. The van der Waals surface area contributed by atoms with E-state index in [1.54, 1.807) is 12.5 Å².